The minimum Gasteiger partial charge on any atom is -0.545 e. The number of hydrogen-bond acceptors (Lipinski definition) is 4. The molecule has 0 unspecified atom stereocenters. The molecule has 3 nitrogen and oxygen atoms in total. The topological polar surface area (TPSA) is 49.4 Å². The van der Waals surface area contributed by atoms with E-state index in [1.165, 1.54) is 0 Å². The van der Waals surface area contributed by atoms with Crippen molar-refractivity contribution in [2.75, 3.05) is 0 Å². The first-order chi connectivity index (χ1) is 13.7. The third-order valence-corrected chi connectivity index (χ3v) is 5.41. The van der Waals surface area contributed by atoms with Crippen LogP contribution in [-0.4, -0.2) is 5.97 Å². The largest absolute Gasteiger partial charge is 1.00 e. The molecule has 0 bridgehead atoms. The summed E-state index contributed by atoms with van der Waals surface area (Å²) in [6, 6.07) is 26.9. The molecular weight excluding hydrogens is 391 g/mol. The van der Waals surface area contributed by atoms with Gasteiger partial charge in [0.05, 0.1) is 5.97 Å². The van der Waals surface area contributed by atoms with Crippen LogP contribution >= 0.6 is 11.3 Å². The number of benzene rings is 3. The Balaban J connectivity index is 0.00000240. The van der Waals surface area contributed by atoms with Crippen LogP contribution in [0, 0.1) is 0 Å². The van der Waals surface area contributed by atoms with Crippen LogP contribution in [0.4, 0.5) is 0 Å². The summed E-state index contributed by atoms with van der Waals surface area (Å²) in [4.78, 5) is 12.1. The first-order valence-corrected chi connectivity index (χ1v) is 9.76. The fourth-order valence-corrected chi connectivity index (χ4v) is 4.00. The summed E-state index contributed by atoms with van der Waals surface area (Å²) in [6.45, 7) is 0.499. The number of thiophene rings is 1. The molecule has 0 amide bonds. The predicted molar refractivity (Wildman–Crippen MR) is 110 cm³/mol. The van der Waals surface area contributed by atoms with E-state index >= 15 is 0 Å². The molecule has 0 saturated heterocycles. The molecule has 1 heterocycles. The van der Waals surface area contributed by atoms with Gasteiger partial charge in [-0.15, -0.1) is 11.3 Å². The molecule has 4 aromatic rings. The summed E-state index contributed by atoms with van der Waals surface area (Å²) in [5.41, 5.74) is 4.31. The van der Waals surface area contributed by atoms with E-state index in [0.29, 0.717) is 6.61 Å². The van der Waals surface area contributed by atoms with Gasteiger partial charge in [-0.05, 0) is 40.3 Å². The van der Waals surface area contributed by atoms with E-state index in [1.54, 1.807) is 23.5 Å². The molecule has 0 spiro atoms. The van der Waals surface area contributed by atoms with Crippen molar-refractivity contribution in [1.29, 1.82) is 0 Å². The Morgan fingerprint density at radius 3 is 2.24 bits per heavy atom. The second kappa shape index (κ2) is 9.90. The molecule has 0 aliphatic heterocycles. The first kappa shape index (κ1) is 21.3. The Morgan fingerprint density at radius 2 is 1.52 bits per heavy atom. The fraction of sp³-hybridized carbons (Fsp3) is 0.0417. The van der Waals surface area contributed by atoms with Gasteiger partial charge in [0.25, 0.3) is 0 Å². The maximum absolute atomic E-state index is 11.0. The number of para-hydroxylation sites is 1. The van der Waals surface area contributed by atoms with Gasteiger partial charge in [-0.2, -0.15) is 0 Å². The van der Waals surface area contributed by atoms with Crippen molar-refractivity contribution in [1.82, 2.24) is 0 Å². The summed E-state index contributed by atoms with van der Waals surface area (Å²) in [6.07, 6.45) is 0. The van der Waals surface area contributed by atoms with Crippen molar-refractivity contribution in [2.24, 2.45) is 0 Å². The van der Waals surface area contributed by atoms with Gasteiger partial charge < -0.3 is 14.6 Å². The maximum Gasteiger partial charge on any atom is 1.00 e. The van der Waals surface area contributed by atoms with Gasteiger partial charge in [0.1, 0.15) is 12.4 Å². The fourth-order valence-electron chi connectivity index (χ4n) is 3.05. The average Bonchev–Trinajstić information content (AvgIpc) is 3.23. The third-order valence-electron chi connectivity index (χ3n) is 4.47. The number of hydrogen-bond donors (Lipinski definition) is 0. The molecule has 0 atom stereocenters. The van der Waals surface area contributed by atoms with Crippen molar-refractivity contribution >= 4 is 17.3 Å². The molecule has 0 aliphatic rings. The van der Waals surface area contributed by atoms with Gasteiger partial charge in [-0.25, -0.2) is 0 Å². The molecule has 0 saturated carbocycles. The molecular formula is C24H17NaO3S. The van der Waals surface area contributed by atoms with Gasteiger partial charge in [-0.3, -0.25) is 0 Å². The Bertz CT molecular complexity index is 1090. The number of carbonyl (C=O) groups is 1. The van der Waals surface area contributed by atoms with Gasteiger partial charge in [0.15, 0.2) is 0 Å². The zero-order valence-electron chi connectivity index (χ0n) is 16.0. The summed E-state index contributed by atoms with van der Waals surface area (Å²) in [7, 11) is 0. The van der Waals surface area contributed by atoms with Crippen molar-refractivity contribution < 1.29 is 44.2 Å². The van der Waals surface area contributed by atoms with Crippen molar-refractivity contribution in [2.45, 2.75) is 6.61 Å². The van der Waals surface area contributed by atoms with Gasteiger partial charge in [0, 0.05) is 16.0 Å². The van der Waals surface area contributed by atoms with Crippen LogP contribution in [0.3, 0.4) is 0 Å². The van der Waals surface area contributed by atoms with E-state index in [0.717, 1.165) is 32.9 Å². The zero-order chi connectivity index (χ0) is 19.3. The maximum atomic E-state index is 11.0. The number of ether oxygens (including phenoxy) is 1. The van der Waals surface area contributed by atoms with Crippen LogP contribution in [0.1, 0.15) is 15.9 Å². The number of carboxylic acids is 1. The number of rotatable bonds is 6. The van der Waals surface area contributed by atoms with Gasteiger partial charge >= 0.3 is 29.6 Å². The molecule has 1 aromatic heterocycles. The molecule has 29 heavy (non-hydrogen) atoms. The molecule has 138 valence electrons. The second-order valence-corrected chi connectivity index (χ2v) is 7.21. The molecule has 0 N–H and O–H groups in total. The summed E-state index contributed by atoms with van der Waals surface area (Å²) in [5, 5.41) is 13.0. The number of carbonyl (C=O) groups excluding carboxylic acids is 1. The molecule has 0 radical (unpaired) electrons. The van der Waals surface area contributed by atoms with Crippen molar-refractivity contribution in [3.63, 3.8) is 0 Å². The van der Waals surface area contributed by atoms with E-state index < -0.39 is 5.97 Å². The number of aromatic carboxylic acids is 1. The normalized spacial score (nSPS) is 10.2. The summed E-state index contributed by atoms with van der Waals surface area (Å²) >= 11 is 1.64. The Kier molecular flexibility index (Phi) is 7.29. The average molecular weight is 408 g/mol. The van der Waals surface area contributed by atoms with E-state index in [1.807, 2.05) is 78.2 Å². The molecule has 4 rings (SSSR count). The SMILES string of the molecule is O=C([O-])c1ccc(-c2ccsc2-c2ccccc2OCc2ccccc2)cc1.[Na+]. The zero-order valence-corrected chi connectivity index (χ0v) is 18.8. The van der Waals surface area contributed by atoms with Crippen LogP contribution < -0.4 is 39.4 Å². The van der Waals surface area contributed by atoms with Crippen LogP contribution in [0.2, 0.25) is 0 Å². The quantitative estimate of drug-likeness (QED) is 0.459. The third kappa shape index (κ3) is 4.98. The number of carboxylic acid groups (broad SMARTS) is 1. The molecule has 3 aromatic carbocycles. The monoisotopic (exact) mass is 408 g/mol. The van der Waals surface area contributed by atoms with Crippen molar-refractivity contribution in [3.05, 3.63) is 101 Å². The molecule has 0 aliphatic carbocycles. The predicted octanol–water partition coefficient (Wildman–Crippen LogP) is 2.03. The van der Waals surface area contributed by atoms with E-state index in [2.05, 4.69) is 0 Å². The molecule has 5 heteroatoms. The van der Waals surface area contributed by atoms with E-state index in [9.17, 15) is 9.90 Å². The first-order valence-electron chi connectivity index (χ1n) is 8.88. The minimum absolute atomic E-state index is 0. The van der Waals surface area contributed by atoms with E-state index in [-0.39, 0.29) is 35.1 Å². The van der Waals surface area contributed by atoms with Gasteiger partial charge in [0.2, 0.25) is 0 Å². The Hall–Kier alpha value is -2.37. The van der Waals surface area contributed by atoms with Crippen LogP contribution in [0.25, 0.3) is 21.6 Å². The van der Waals surface area contributed by atoms with Gasteiger partial charge in [-0.1, -0.05) is 66.7 Å². The van der Waals surface area contributed by atoms with Crippen LogP contribution in [0.5, 0.6) is 5.75 Å². The van der Waals surface area contributed by atoms with E-state index in [4.69, 9.17) is 4.74 Å². The Morgan fingerprint density at radius 1 is 0.828 bits per heavy atom. The van der Waals surface area contributed by atoms with Crippen LogP contribution in [0.15, 0.2) is 90.3 Å². The minimum atomic E-state index is -1.17. The smallest absolute Gasteiger partial charge is 0.545 e. The molecule has 0 fully saturated rings. The van der Waals surface area contributed by atoms with Crippen molar-refractivity contribution in [3.8, 4) is 27.3 Å². The Labute approximate surface area is 195 Å². The standard InChI is InChI=1S/C24H18O3S.Na/c25-24(26)19-12-10-18(11-13-19)20-14-15-28-23(20)21-8-4-5-9-22(21)27-16-17-6-2-1-3-7-17;/h1-15H,16H2,(H,25,26);/q;+1/p-1. The summed E-state index contributed by atoms with van der Waals surface area (Å²) < 4.78 is 6.11. The summed E-state index contributed by atoms with van der Waals surface area (Å²) in [5.74, 6) is -0.349. The van der Waals surface area contributed by atoms with Crippen LogP contribution in [-0.2, 0) is 6.61 Å². The second-order valence-electron chi connectivity index (χ2n) is 6.30.